The van der Waals surface area contributed by atoms with Gasteiger partial charge in [-0.1, -0.05) is 41.9 Å². The van der Waals surface area contributed by atoms with E-state index in [0.29, 0.717) is 23.6 Å². The van der Waals surface area contributed by atoms with E-state index in [4.69, 9.17) is 11.6 Å². The van der Waals surface area contributed by atoms with Crippen molar-refractivity contribution in [1.82, 2.24) is 15.2 Å². The number of aromatic nitrogens is 1. The average molecular weight is 414 g/mol. The van der Waals surface area contributed by atoms with Crippen LogP contribution in [0.25, 0.3) is 10.9 Å². The molecule has 3 N–H and O–H groups in total. The van der Waals surface area contributed by atoms with Gasteiger partial charge in [0.15, 0.2) is 0 Å². The first kappa shape index (κ1) is 20.9. The summed E-state index contributed by atoms with van der Waals surface area (Å²) in [5.74, 6) is -0.652. The largest absolute Gasteiger partial charge is 0.395 e. The maximum absolute atomic E-state index is 13.1. The lowest BCUT2D eigenvalue weighted by Gasteiger charge is -2.26. The number of likely N-dealkylation sites (N-methyl/N-ethyl adjacent to an activating group) is 1. The molecule has 3 aromatic rings. The van der Waals surface area contributed by atoms with E-state index < -0.39 is 11.9 Å². The Morgan fingerprint density at radius 1 is 1.17 bits per heavy atom. The van der Waals surface area contributed by atoms with Crippen molar-refractivity contribution in [2.75, 3.05) is 19.7 Å². The summed E-state index contributed by atoms with van der Waals surface area (Å²) in [5, 5.41) is 13.5. The third-order valence-corrected chi connectivity index (χ3v) is 5.21. The molecule has 6 nitrogen and oxygen atoms in total. The highest BCUT2D eigenvalue weighted by atomic mass is 35.5. The SMILES string of the molecule is CCN(CCO)C(=O)C(Cc1c[nH]c2ccccc12)NC(=O)c1ccccc1Cl. The lowest BCUT2D eigenvalue weighted by Crippen LogP contribution is -2.50. The number of H-pyrrole nitrogens is 1. The van der Waals surface area contributed by atoms with Gasteiger partial charge in [0.25, 0.3) is 5.91 Å². The standard InChI is InChI=1S/C22H24ClN3O3/c1-2-26(11-12-27)22(29)20(25-21(28)17-8-3-5-9-18(17)23)13-15-14-24-19-10-6-4-7-16(15)19/h3-10,14,20,24,27H,2,11-13H2,1H3,(H,25,28). The Balaban J connectivity index is 1.89. The van der Waals surface area contributed by atoms with Gasteiger partial charge in [-0.2, -0.15) is 0 Å². The molecule has 1 heterocycles. The zero-order chi connectivity index (χ0) is 20.8. The second kappa shape index (κ2) is 9.58. The van der Waals surface area contributed by atoms with Crippen molar-refractivity contribution in [1.29, 1.82) is 0 Å². The number of halogens is 1. The number of hydrogen-bond donors (Lipinski definition) is 3. The number of aliphatic hydroxyl groups is 1. The fraction of sp³-hybridized carbons (Fsp3) is 0.273. The topological polar surface area (TPSA) is 85.4 Å². The number of aliphatic hydroxyl groups excluding tert-OH is 1. The third kappa shape index (κ3) is 4.78. The Morgan fingerprint density at radius 2 is 1.90 bits per heavy atom. The van der Waals surface area contributed by atoms with E-state index in [1.807, 2.05) is 37.4 Å². The molecule has 0 radical (unpaired) electrons. The summed E-state index contributed by atoms with van der Waals surface area (Å²) in [4.78, 5) is 30.7. The van der Waals surface area contributed by atoms with Gasteiger partial charge in [0.2, 0.25) is 5.91 Å². The second-order valence-electron chi connectivity index (χ2n) is 6.71. The molecule has 0 aliphatic carbocycles. The molecular weight excluding hydrogens is 390 g/mol. The summed E-state index contributed by atoms with van der Waals surface area (Å²) in [6, 6.07) is 13.7. The molecule has 0 spiro atoms. The van der Waals surface area contributed by atoms with Gasteiger partial charge in [-0.15, -0.1) is 0 Å². The maximum atomic E-state index is 13.1. The zero-order valence-electron chi connectivity index (χ0n) is 16.2. The van der Waals surface area contributed by atoms with Gasteiger partial charge in [-0.3, -0.25) is 9.59 Å². The van der Waals surface area contributed by atoms with Gasteiger partial charge < -0.3 is 20.3 Å². The summed E-state index contributed by atoms with van der Waals surface area (Å²) in [7, 11) is 0. The first-order valence-corrected chi connectivity index (χ1v) is 9.93. The van der Waals surface area contributed by atoms with Crippen molar-refractivity contribution < 1.29 is 14.7 Å². The highest BCUT2D eigenvalue weighted by Gasteiger charge is 2.27. The molecule has 0 fully saturated rings. The molecule has 2 amide bonds. The summed E-state index contributed by atoms with van der Waals surface area (Å²) >= 11 is 6.15. The Hall–Kier alpha value is -2.83. The highest BCUT2D eigenvalue weighted by molar-refractivity contribution is 6.33. The van der Waals surface area contributed by atoms with Crippen molar-refractivity contribution in [3.05, 3.63) is 70.9 Å². The van der Waals surface area contributed by atoms with Crippen LogP contribution in [0, 0.1) is 0 Å². The molecule has 0 bridgehead atoms. The summed E-state index contributed by atoms with van der Waals surface area (Å²) < 4.78 is 0. The van der Waals surface area contributed by atoms with E-state index >= 15 is 0 Å². The van der Waals surface area contributed by atoms with Gasteiger partial charge >= 0.3 is 0 Å². The minimum absolute atomic E-state index is 0.141. The average Bonchev–Trinajstić information content (AvgIpc) is 3.14. The van der Waals surface area contributed by atoms with Crippen LogP contribution in [0.5, 0.6) is 0 Å². The van der Waals surface area contributed by atoms with Crippen LogP contribution in [-0.4, -0.2) is 52.5 Å². The Labute approximate surface area is 174 Å². The molecule has 7 heteroatoms. The number of carbonyl (C=O) groups is 2. The molecule has 3 rings (SSSR count). The van der Waals surface area contributed by atoms with Crippen molar-refractivity contribution in [2.24, 2.45) is 0 Å². The molecule has 1 aromatic heterocycles. The lowest BCUT2D eigenvalue weighted by molar-refractivity contribution is -0.133. The number of carbonyl (C=O) groups excluding carboxylic acids is 2. The molecule has 0 saturated carbocycles. The molecule has 0 saturated heterocycles. The number of aromatic amines is 1. The molecule has 2 aromatic carbocycles. The van der Waals surface area contributed by atoms with Gasteiger partial charge in [-0.25, -0.2) is 0 Å². The van der Waals surface area contributed by atoms with Crippen LogP contribution < -0.4 is 5.32 Å². The smallest absolute Gasteiger partial charge is 0.253 e. The maximum Gasteiger partial charge on any atom is 0.253 e. The van der Waals surface area contributed by atoms with Crippen LogP contribution >= 0.6 is 11.6 Å². The van der Waals surface area contributed by atoms with Crippen LogP contribution in [0.15, 0.2) is 54.7 Å². The van der Waals surface area contributed by atoms with E-state index in [1.54, 1.807) is 24.3 Å². The number of para-hydroxylation sites is 1. The molecule has 0 aliphatic heterocycles. The van der Waals surface area contributed by atoms with Crippen molar-refractivity contribution in [2.45, 2.75) is 19.4 Å². The van der Waals surface area contributed by atoms with Crippen LogP contribution in [0.4, 0.5) is 0 Å². The zero-order valence-corrected chi connectivity index (χ0v) is 16.9. The van der Waals surface area contributed by atoms with Crippen LogP contribution in [0.3, 0.4) is 0 Å². The summed E-state index contributed by atoms with van der Waals surface area (Å²) in [6.45, 7) is 2.34. The minimum atomic E-state index is -0.788. The van der Waals surface area contributed by atoms with E-state index in [2.05, 4.69) is 10.3 Å². The number of nitrogens with one attached hydrogen (secondary N) is 2. The molecule has 1 unspecified atom stereocenters. The van der Waals surface area contributed by atoms with E-state index in [-0.39, 0.29) is 19.1 Å². The van der Waals surface area contributed by atoms with Gasteiger partial charge in [0.1, 0.15) is 6.04 Å². The number of benzene rings is 2. The van der Waals surface area contributed by atoms with E-state index in [9.17, 15) is 14.7 Å². The predicted molar refractivity (Wildman–Crippen MR) is 114 cm³/mol. The second-order valence-corrected chi connectivity index (χ2v) is 7.12. The van der Waals surface area contributed by atoms with Crippen LogP contribution in [0.2, 0.25) is 5.02 Å². The summed E-state index contributed by atoms with van der Waals surface area (Å²) in [6.07, 6.45) is 2.18. The number of fused-ring (bicyclic) bond motifs is 1. The lowest BCUT2D eigenvalue weighted by atomic mass is 10.0. The fourth-order valence-corrected chi connectivity index (χ4v) is 3.59. The van der Waals surface area contributed by atoms with Crippen molar-refractivity contribution in [3.63, 3.8) is 0 Å². The predicted octanol–water partition coefficient (Wildman–Crippen LogP) is 3.00. The Kier molecular flexibility index (Phi) is 6.90. The molecule has 29 heavy (non-hydrogen) atoms. The van der Waals surface area contributed by atoms with Crippen molar-refractivity contribution in [3.8, 4) is 0 Å². The Morgan fingerprint density at radius 3 is 2.62 bits per heavy atom. The van der Waals surface area contributed by atoms with Gasteiger partial charge in [0, 0.05) is 36.6 Å². The van der Waals surface area contributed by atoms with Crippen molar-refractivity contribution >= 4 is 34.3 Å². The van der Waals surface area contributed by atoms with Gasteiger partial charge in [-0.05, 0) is 30.7 Å². The molecule has 1 atom stereocenters. The normalized spacial score (nSPS) is 12.0. The monoisotopic (exact) mass is 413 g/mol. The first-order valence-electron chi connectivity index (χ1n) is 9.55. The molecule has 152 valence electrons. The quantitative estimate of drug-likeness (QED) is 0.530. The highest BCUT2D eigenvalue weighted by Crippen LogP contribution is 2.20. The molecule has 0 aliphatic rings. The first-order chi connectivity index (χ1) is 14.0. The number of rotatable bonds is 8. The van der Waals surface area contributed by atoms with Crippen LogP contribution in [-0.2, 0) is 11.2 Å². The molecular formula is C22H24ClN3O3. The van der Waals surface area contributed by atoms with Gasteiger partial charge in [0.05, 0.1) is 17.2 Å². The number of hydrogen-bond acceptors (Lipinski definition) is 3. The summed E-state index contributed by atoms with van der Waals surface area (Å²) in [5.41, 5.74) is 2.21. The number of amides is 2. The number of nitrogens with zero attached hydrogens (tertiary/aromatic N) is 1. The minimum Gasteiger partial charge on any atom is -0.395 e. The fourth-order valence-electron chi connectivity index (χ4n) is 3.37. The third-order valence-electron chi connectivity index (χ3n) is 4.88. The Bertz CT molecular complexity index is 1000. The van der Waals surface area contributed by atoms with E-state index in [0.717, 1.165) is 16.5 Å². The van der Waals surface area contributed by atoms with Crippen LogP contribution in [0.1, 0.15) is 22.8 Å². The van der Waals surface area contributed by atoms with E-state index in [1.165, 1.54) is 4.90 Å².